The van der Waals surface area contributed by atoms with Crippen molar-refractivity contribution in [2.75, 3.05) is 11.5 Å². The van der Waals surface area contributed by atoms with Crippen molar-refractivity contribution in [1.29, 1.82) is 0 Å². The lowest BCUT2D eigenvalue weighted by atomic mass is 9.78. The number of para-hydroxylation sites is 1. The highest BCUT2D eigenvalue weighted by Crippen LogP contribution is 2.37. The first kappa shape index (κ1) is 20.5. The number of nitrogen functional groups attached to an aromatic ring is 2. The SMILES string of the molecule is C\C(=C/C=C(\C(=C\F)Oc1nc(N)c2ccccc2n1)C1CCC1)c1cnc(N)cn1. The fourth-order valence-electron chi connectivity index (χ4n) is 3.35. The van der Waals surface area contributed by atoms with Gasteiger partial charge in [0.1, 0.15) is 18.0 Å². The summed E-state index contributed by atoms with van der Waals surface area (Å²) in [4.78, 5) is 16.9. The second-order valence-electron chi connectivity index (χ2n) is 7.41. The van der Waals surface area contributed by atoms with Crippen LogP contribution in [0.1, 0.15) is 31.9 Å². The van der Waals surface area contributed by atoms with Gasteiger partial charge in [0.05, 0.1) is 23.6 Å². The third-order valence-electron chi connectivity index (χ3n) is 5.33. The highest BCUT2D eigenvalue weighted by atomic mass is 19.1. The van der Waals surface area contributed by atoms with Crippen LogP contribution < -0.4 is 16.2 Å². The average molecular weight is 418 g/mol. The van der Waals surface area contributed by atoms with Crippen molar-refractivity contribution in [2.45, 2.75) is 26.2 Å². The number of allylic oxidation sites excluding steroid dienone is 4. The monoisotopic (exact) mass is 418 g/mol. The molecule has 3 aromatic rings. The minimum absolute atomic E-state index is 0.00965. The molecular formula is C23H23FN6O. The molecule has 0 atom stereocenters. The molecule has 4 N–H and O–H groups in total. The van der Waals surface area contributed by atoms with Gasteiger partial charge in [0, 0.05) is 11.0 Å². The standard InChI is InChI=1S/C23H23FN6O/c1-14(19-12-28-21(25)13-27-19)9-10-16(15-5-4-6-15)20(11-24)31-23-29-18-8-3-2-7-17(18)22(26)30-23/h2-3,7-13,15H,4-6H2,1H3,(H2,25,28)(H2,26,29,30)/b14-9+,16-10-,20-11-. The summed E-state index contributed by atoms with van der Waals surface area (Å²) in [6.07, 6.45) is 10.3. The molecule has 0 aliphatic heterocycles. The van der Waals surface area contributed by atoms with Gasteiger partial charge in [-0.05, 0) is 43.4 Å². The highest BCUT2D eigenvalue weighted by Gasteiger charge is 2.26. The molecule has 158 valence electrons. The molecule has 1 aromatic carbocycles. The van der Waals surface area contributed by atoms with E-state index in [1.807, 2.05) is 43.3 Å². The zero-order valence-electron chi connectivity index (χ0n) is 17.1. The third-order valence-corrected chi connectivity index (χ3v) is 5.33. The Bertz CT molecular complexity index is 1180. The van der Waals surface area contributed by atoms with Gasteiger partial charge in [0.2, 0.25) is 0 Å². The Kier molecular flexibility index (Phi) is 5.88. The largest absolute Gasteiger partial charge is 0.421 e. The Morgan fingerprint density at radius 3 is 2.58 bits per heavy atom. The van der Waals surface area contributed by atoms with Crippen LogP contribution in [0.5, 0.6) is 6.01 Å². The maximum atomic E-state index is 13.9. The van der Waals surface area contributed by atoms with E-state index in [0.29, 0.717) is 23.4 Å². The lowest BCUT2D eigenvalue weighted by Crippen LogP contribution is -2.18. The second kappa shape index (κ2) is 8.91. The predicted octanol–water partition coefficient (Wildman–Crippen LogP) is 4.60. The molecule has 2 heterocycles. The molecule has 31 heavy (non-hydrogen) atoms. The second-order valence-corrected chi connectivity index (χ2v) is 7.41. The van der Waals surface area contributed by atoms with Crippen molar-refractivity contribution < 1.29 is 9.13 Å². The van der Waals surface area contributed by atoms with Crippen molar-refractivity contribution in [2.24, 2.45) is 5.92 Å². The zero-order chi connectivity index (χ0) is 21.8. The number of hydrogen-bond donors (Lipinski definition) is 2. The number of rotatable bonds is 6. The molecule has 0 radical (unpaired) electrons. The summed E-state index contributed by atoms with van der Waals surface area (Å²) >= 11 is 0. The molecule has 4 rings (SSSR count). The van der Waals surface area contributed by atoms with E-state index in [2.05, 4.69) is 19.9 Å². The van der Waals surface area contributed by atoms with Crippen LogP contribution in [-0.2, 0) is 0 Å². The van der Waals surface area contributed by atoms with E-state index >= 15 is 0 Å². The minimum atomic E-state index is 0.00965. The van der Waals surface area contributed by atoms with Crippen molar-refractivity contribution in [3.63, 3.8) is 0 Å². The van der Waals surface area contributed by atoms with Crippen LogP contribution in [0.25, 0.3) is 16.5 Å². The number of aromatic nitrogens is 4. The van der Waals surface area contributed by atoms with Gasteiger partial charge >= 0.3 is 6.01 Å². The van der Waals surface area contributed by atoms with E-state index in [0.717, 1.165) is 35.8 Å². The molecule has 0 amide bonds. The molecule has 0 unspecified atom stereocenters. The molecule has 0 bridgehead atoms. The number of nitrogens with two attached hydrogens (primary N) is 2. The first-order chi connectivity index (χ1) is 15.0. The molecule has 1 saturated carbocycles. The van der Waals surface area contributed by atoms with Gasteiger partial charge < -0.3 is 16.2 Å². The summed E-state index contributed by atoms with van der Waals surface area (Å²) in [5, 5.41) is 0.721. The fraction of sp³-hybridized carbons (Fsp3) is 0.217. The molecule has 1 fully saturated rings. The van der Waals surface area contributed by atoms with E-state index in [1.54, 1.807) is 6.20 Å². The molecule has 2 aromatic heterocycles. The zero-order valence-corrected chi connectivity index (χ0v) is 17.1. The van der Waals surface area contributed by atoms with Crippen molar-refractivity contribution in [3.05, 3.63) is 72.2 Å². The summed E-state index contributed by atoms with van der Waals surface area (Å²) in [5.74, 6) is 0.909. The average Bonchev–Trinajstić information content (AvgIpc) is 2.74. The first-order valence-electron chi connectivity index (χ1n) is 10.0. The lowest BCUT2D eigenvalue weighted by Gasteiger charge is -2.28. The molecule has 0 saturated heterocycles. The van der Waals surface area contributed by atoms with Crippen molar-refractivity contribution >= 4 is 28.1 Å². The Morgan fingerprint density at radius 2 is 1.90 bits per heavy atom. The van der Waals surface area contributed by atoms with Gasteiger partial charge in [-0.25, -0.2) is 9.37 Å². The Balaban J connectivity index is 1.64. The van der Waals surface area contributed by atoms with Crippen LogP contribution in [0.15, 0.2) is 66.5 Å². The Labute approximate surface area is 179 Å². The summed E-state index contributed by atoms with van der Waals surface area (Å²) in [5.41, 5.74) is 14.6. The first-order valence-corrected chi connectivity index (χ1v) is 10.0. The van der Waals surface area contributed by atoms with Gasteiger partial charge in [-0.2, -0.15) is 9.97 Å². The summed E-state index contributed by atoms with van der Waals surface area (Å²) in [6, 6.07) is 7.34. The van der Waals surface area contributed by atoms with Crippen LogP contribution in [0.4, 0.5) is 16.0 Å². The quantitative estimate of drug-likeness (QED) is 0.444. The van der Waals surface area contributed by atoms with Crippen LogP contribution in [-0.4, -0.2) is 19.9 Å². The Morgan fingerprint density at radius 1 is 1.10 bits per heavy atom. The van der Waals surface area contributed by atoms with Gasteiger partial charge in [-0.3, -0.25) is 4.98 Å². The molecule has 1 aliphatic rings. The topological polar surface area (TPSA) is 113 Å². The van der Waals surface area contributed by atoms with E-state index in [4.69, 9.17) is 16.2 Å². The normalized spacial score (nSPS) is 15.7. The summed E-state index contributed by atoms with van der Waals surface area (Å²) in [6.45, 7) is 1.90. The van der Waals surface area contributed by atoms with E-state index < -0.39 is 0 Å². The molecule has 1 aliphatic carbocycles. The Hall–Kier alpha value is -3.81. The van der Waals surface area contributed by atoms with Gasteiger partial charge in [-0.15, -0.1) is 0 Å². The smallest absolute Gasteiger partial charge is 0.324 e. The third kappa shape index (κ3) is 4.53. The van der Waals surface area contributed by atoms with Crippen LogP contribution in [0.3, 0.4) is 0 Å². The van der Waals surface area contributed by atoms with E-state index in [-0.39, 0.29) is 23.5 Å². The van der Waals surface area contributed by atoms with Gasteiger partial charge in [0.15, 0.2) is 5.76 Å². The van der Waals surface area contributed by atoms with Gasteiger partial charge in [-0.1, -0.05) is 30.7 Å². The van der Waals surface area contributed by atoms with Crippen LogP contribution >= 0.6 is 0 Å². The van der Waals surface area contributed by atoms with E-state index in [9.17, 15) is 4.39 Å². The minimum Gasteiger partial charge on any atom is -0.421 e. The number of halogens is 1. The number of hydrogen-bond acceptors (Lipinski definition) is 7. The van der Waals surface area contributed by atoms with Crippen molar-refractivity contribution in [3.8, 4) is 6.01 Å². The number of anilines is 2. The van der Waals surface area contributed by atoms with Gasteiger partial charge in [0.25, 0.3) is 0 Å². The lowest BCUT2D eigenvalue weighted by molar-refractivity contribution is 0.324. The maximum absolute atomic E-state index is 13.9. The van der Waals surface area contributed by atoms with Crippen LogP contribution in [0, 0.1) is 5.92 Å². The molecule has 8 heteroatoms. The molecular weight excluding hydrogens is 395 g/mol. The molecule has 7 nitrogen and oxygen atoms in total. The van der Waals surface area contributed by atoms with E-state index in [1.165, 1.54) is 6.20 Å². The van der Waals surface area contributed by atoms with Crippen LogP contribution in [0.2, 0.25) is 0 Å². The number of nitrogens with zero attached hydrogens (tertiary/aromatic N) is 4. The van der Waals surface area contributed by atoms with Crippen molar-refractivity contribution in [1.82, 2.24) is 19.9 Å². The number of fused-ring (bicyclic) bond motifs is 1. The highest BCUT2D eigenvalue weighted by molar-refractivity contribution is 5.88. The summed E-state index contributed by atoms with van der Waals surface area (Å²) < 4.78 is 19.7. The molecule has 0 spiro atoms. The fourth-order valence-corrected chi connectivity index (χ4v) is 3.35. The maximum Gasteiger partial charge on any atom is 0.324 e. The number of ether oxygens (including phenoxy) is 1. The summed E-state index contributed by atoms with van der Waals surface area (Å²) in [7, 11) is 0. The predicted molar refractivity (Wildman–Crippen MR) is 119 cm³/mol. The number of benzene rings is 1.